The van der Waals surface area contributed by atoms with Crippen LogP contribution in [0.3, 0.4) is 0 Å². The van der Waals surface area contributed by atoms with Gasteiger partial charge in [-0.2, -0.15) is 9.78 Å². The fourth-order valence-electron chi connectivity index (χ4n) is 2.18. The van der Waals surface area contributed by atoms with Gasteiger partial charge in [-0.3, -0.25) is 0 Å². The smallest absolute Gasteiger partial charge is 0.344 e. The van der Waals surface area contributed by atoms with Crippen LogP contribution in [0, 0.1) is 5.82 Å². The largest absolute Gasteiger partial charge is 0.489 e. The highest BCUT2D eigenvalue weighted by Gasteiger charge is 2.19. The van der Waals surface area contributed by atoms with Gasteiger partial charge >= 0.3 is 6.03 Å². The molecular weight excluding hydrogens is 400 g/mol. The number of rotatable bonds is 6. The Morgan fingerprint density at radius 3 is 2.54 bits per heavy atom. The van der Waals surface area contributed by atoms with Crippen LogP contribution in [0.2, 0.25) is 10.0 Å². The molecule has 0 atom stereocenters. The number of carbonyl (C=O) groups excluding carboxylic acids is 1. The lowest BCUT2D eigenvalue weighted by Crippen LogP contribution is -2.34. The number of carbonyl (C=O) groups is 1. The highest BCUT2D eigenvalue weighted by Crippen LogP contribution is 2.38. The van der Waals surface area contributed by atoms with Gasteiger partial charge in [0.05, 0.1) is 27.2 Å². The summed E-state index contributed by atoms with van der Waals surface area (Å²) >= 11 is 13.2. The predicted molar refractivity (Wildman–Crippen MR) is 102 cm³/mol. The summed E-state index contributed by atoms with van der Waals surface area (Å²) in [6, 6.07) is 2.40. The molecule has 1 aromatic carbocycles. The van der Waals surface area contributed by atoms with Gasteiger partial charge < -0.3 is 9.64 Å². The molecule has 0 radical (unpaired) electrons. The molecule has 0 unspecified atom stereocenters. The molecular formula is C17H20Cl2FN3O2S. The fourth-order valence-corrected chi connectivity index (χ4v) is 3.43. The van der Waals surface area contributed by atoms with Gasteiger partial charge in [-0.15, -0.1) is 0 Å². The summed E-state index contributed by atoms with van der Waals surface area (Å²) < 4.78 is 21.0. The molecule has 2 rings (SSSR count). The zero-order valence-electron chi connectivity index (χ0n) is 14.9. The van der Waals surface area contributed by atoms with Crippen molar-refractivity contribution in [2.75, 3.05) is 13.1 Å². The fraction of sp³-hybridized carbons (Fsp3) is 0.412. The molecule has 5 nitrogen and oxygen atoms in total. The SMILES string of the molecule is CCN(CC)C(=O)n1cc(Cl)c(Sc2cc(OC(C)C)c(Cl)cc2F)n1. The Balaban J connectivity index is 2.30. The minimum absolute atomic E-state index is 0.106. The van der Waals surface area contributed by atoms with Crippen LogP contribution in [0.25, 0.3) is 0 Å². The van der Waals surface area contributed by atoms with Crippen LogP contribution >= 0.6 is 35.0 Å². The predicted octanol–water partition coefficient (Wildman–Crippen LogP) is 5.58. The number of benzene rings is 1. The van der Waals surface area contributed by atoms with Crippen LogP contribution in [0.4, 0.5) is 9.18 Å². The third-order valence-electron chi connectivity index (χ3n) is 3.42. The van der Waals surface area contributed by atoms with Gasteiger partial charge in [-0.1, -0.05) is 35.0 Å². The van der Waals surface area contributed by atoms with E-state index in [1.807, 2.05) is 27.7 Å². The number of aromatic nitrogens is 2. The Morgan fingerprint density at radius 1 is 1.31 bits per heavy atom. The molecule has 142 valence electrons. The molecule has 0 N–H and O–H groups in total. The lowest BCUT2D eigenvalue weighted by Gasteiger charge is -2.17. The number of ether oxygens (including phenoxy) is 1. The van der Waals surface area contributed by atoms with Crippen molar-refractivity contribution in [1.82, 2.24) is 14.7 Å². The standard InChI is InChI=1S/C17H20Cl2FN3O2S/c1-5-22(6-2)17(24)23-9-12(19)16(21-23)26-15-8-14(25-10(3)4)11(18)7-13(15)20/h7-10H,5-6H2,1-4H3. The number of hydrogen-bond donors (Lipinski definition) is 0. The van der Waals surface area contributed by atoms with Crippen molar-refractivity contribution in [3.05, 3.63) is 34.2 Å². The number of hydrogen-bond acceptors (Lipinski definition) is 4. The van der Waals surface area contributed by atoms with Gasteiger partial charge in [0.25, 0.3) is 0 Å². The van der Waals surface area contributed by atoms with Crippen molar-refractivity contribution in [2.24, 2.45) is 0 Å². The minimum Gasteiger partial charge on any atom is -0.489 e. The molecule has 0 saturated carbocycles. The summed E-state index contributed by atoms with van der Waals surface area (Å²) in [7, 11) is 0. The molecule has 0 fully saturated rings. The van der Waals surface area contributed by atoms with Crippen molar-refractivity contribution in [3.63, 3.8) is 0 Å². The first kappa shape index (κ1) is 20.9. The maximum atomic E-state index is 14.3. The summed E-state index contributed by atoms with van der Waals surface area (Å²) in [6.07, 6.45) is 1.31. The van der Waals surface area contributed by atoms with Crippen molar-refractivity contribution in [3.8, 4) is 5.75 Å². The average Bonchev–Trinajstić information content (AvgIpc) is 2.93. The van der Waals surface area contributed by atoms with Crippen LogP contribution in [0.15, 0.2) is 28.3 Å². The summed E-state index contributed by atoms with van der Waals surface area (Å²) in [5.41, 5.74) is 0. The van der Waals surface area contributed by atoms with Crippen molar-refractivity contribution < 1.29 is 13.9 Å². The average molecular weight is 420 g/mol. The first-order valence-corrected chi connectivity index (χ1v) is 9.72. The topological polar surface area (TPSA) is 47.4 Å². The third-order valence-corrected chi connectivity index (χ3v) is 5.14. The van der Waals surface area contributed by atoms with E-state index in [4.69, 9.17) is 27.9 Å². The van der Waals surface area contributed by atoms with E-state index in [0.29, 0.717) is 23.9 Å². The number of nitrogens with zero attached hydrogens (tertiary/aromatic N) is 3. The van der Waals surface area contributed by atoms with Gasteiger partial charge in [0.1, 0.15) is 16.6 Å². The van der Waals surface area contributed by atoms with Crippen LogP contribution < -0.4 is 4.74 Å². The molecule has 1 aromatic heterocycles. The van der Waals surface area contributed by atoms with E-state index < -0.39 is 5.82 Å². The molecule has 9 heteroatoms. The molecule has 0 spiro atoms. The zero-order valence-corrected chi connectivity index (χ0v) is 17.3. The summed E-state index contributed by atoms with van der Waals surface area (Å²) in [5.74, 6) is -0.142. The van der Waals surface area contributed by atoms with Crippen LogP contribution in [-0.4, -0.2) is 39.9 Å². The lowest BCUT2D eigenvalue weighted by molar-refractivity contribution is 0.201. The van der Waals surface area contributed by atoms with Crippen LogP contribution in [0.1, 0.15) is 27.7 Å². The van der Waals surface area contributed by atoms with E-state index in [9.17, 15) is 9.18 Å². The molecule has 26 heavy (non-hydrogen) atoms. The second-order valence-corrected chi connectivity index (χ2v) is 7.51. The van der Waals surface area contributed by atoms with Crippen LogP contribution in [0.5, 0.6) is 5.75 Å². The Hall–Kier alpha value is -1.44. The molecule has 0 saturated heterocycles. The highest BCUT2D eigenvalue weighted by atomic mass is 35.5. The van der Waals surface area contributed by atoms with Gasteiger partial charge in [0.2, 0.25) is 0 Å². The van der Waals surface area contributed by atoms with Gasteiger partial charge in [-0.25, -0.2) is 9.18 Å². The van der Waals surface area contributed by atoms with E-state index in [2.05, 4.69) is 5.10 Å². The second kappa shape index (κ2) is 8.97. The van der Waals surface area contributed by atoms with E-state index in [1.165, 1.54) is 18.3 Å². The van der Waals surface area contributed by atoms with Gasteiger partial charge in [-0.05, 0) is 39.8 Å². The van der Waals surface area contributed by atoms with Crippen molar-refractivity contribution in [2.45, 2.75) is 43.7 Å². The lowest BCUT2D eigenvalue weighted by atomic mass is 10.3. The molecule has 0 bridgehead atoms. The van der Waals surface area contributed by atoms with E-state index in [-0.39, 0.29) is 27.1 Å². The third kappa shape index (κ3) is 4.84. The van der Waals surface area contributed by atoms with E-state index >= 15 is 0 Å². The maximum absolute atomic E-state index is 14.3. The minimum atomic E-state index is -0.517. The normalized spacial score (nSPS) is 11.1. The first-order valence-electron chi connectivity index (χ1n) is 8.14. The summed E-state index contributed by atoms with van der Waals surface area (Å²) in [6.45, 7) is 8.56. The molecule has 1 heterocycles. The van der Waals surface area contributed by atoms with Crippen LogP contribution in [-0.2, 0) is 0 Å². The van der Waals surface area contributed by atoms with Crippen molar-refractivity contribution >= 4 is 41.0 Å². The molecule has 2 aromatic rings. The number of halogens is 3. The Labute approximate surface area is 166 Å². The van der Waals surface area contributed by atoms with E-state index in [0.717, 1.165) is 16.4 Å². The molecule has 0 aliphatic rings. The number of amides is 1. The maximum Gasteiger partial charge on any atom is 0.344 e. The molecule has 0 aliphatic heterocycles. The molecule has 0 aliphatic carbocycles. The molecule has 1 amide bonds. The monoisotopic (exact) mass is 419 g/mol. The highest BCUT2D eigenvalue weighted by molar-refractivity contribution is 7.99. The second-order valence-electron chi connectivity index (χ2n) is 5.66. The van der Waals surface area contributed by atoms with E-state index in [1.54, 1.807) is 4.90 Å². The summed E-state index contributed by atoms with van der Waals surface area (Å²) in [4.78, 5) is 14.2. The Morgan fingerprint density at radius 2 is 1.96 bits per heavy atom. The Bertz CT molecular complexity index is 795. The van der Waals surface area contributed by atoms with Crippen molar-refractivity contribution in [1.29, 1.82) is 0 Å². The van der Waals surface area contributed by atoms with Gasteiger partial charge in [0.15, 0.2) is 0 Å². The summed E-state index contributed by atoms with van der Waals surface area (Å²) in [5, 5.41) is 4.96. The quantitative estimate of drug-likeness (QED) is 0.613. The Kier molecular flexibility index (Phi) is 7.20. The van der Waals surface area contributed by atoms with Gasteiger partial charge in [0, 0.05) is 13.1 Å². The zero-order chi connectivity index (χ0) is 19.4. The first-order chi connectivity index (χ1) is 12.3.